The van der Waals surface area contributed by atoms with Crippen LogP contribution in [-0.4, -0.2) is 23.1 Å². The number of rotatable bonds is 5. The second-order valence-corrected chi connectivity index (χ2v) is 7.42. The van der Waals surface area contributed by atoms with Gasteiger partial charge >= 0.3 is 0 Å². The standard InChI is InChI=1S/C20H20ClNOS/c1-2-13-22-14-12-18(19(22)15-6-4-3-5-7-15)20(23)24-17-10-8-16(21)9-11-17/h2-11,18-19H,1,12-14H2/t18-,19+/m0/s1. The Morgan fingerprint density at radius 3 is 2.58 bits per heavy atom. The number of hydrogen-bond donors (Lipinski definition) is 0. The second kappa shape index (κ2) is 8.02. The van der Waals surface area contributed by atoms with Crippen molar-refractivity contribution in [2.75, 3.05) is 13.1 Å². The molecule has 0 radical (unpaired) electrons. The number of benzene rings is 2. The molecule has 0 unspecified atom stereocenters. The van der Waals surface area contributed by atoms with E-state index in [1.165, 1.54) is 17.3 Å². The van der Waals surface area contributed by atoms with Crippen molar-refractivity contribution in [1.29, 1.82) is 0 Å². The van der Waals surface area contributed by atoms with E-state index in [4.69, 9.17) is 11.6 Å². The number of halogens is 1. The minimum absolute atomic E-state index is 0.00646. The molecule has 2 nitrogen and oxygen atoms in total. The molecule has 0 aromatic heterocycles. The lowest BCUT2D eigenvalue weighted by Crippen LogP contribution is -2.27. The van der Waals surface area contributed by atoms with E-state index in [0.29, 0.717) is 5.02 Å². The zero-order chi connectivity index (χ0) is 16.9. The number of hydrogen-bond acceptors (Lipinski definition) is 3. The van der Waals surface area contributed by atoms with Gasteiger partial charge in [0.15, 0.2) is 5.12 Å². The number of carbonyl (C=O) groups is 1. The quantitative estimate of drug-likeness (QED) is 0.541. The Bertz CT molecular complexity index is 701. The number of thioether (sulfide) groups is 1. The van der Waals surface area contributed by atoms with E-state index in [9.17, 15) is 4.79 Å². The highest BCUT2D eigenvalue weighted by Gasteiger charge is 2.39. The number of likely N-dealkylation sites (tertiary alicyclic amines) is 1. The summed E-state index contributed by atoms with van der Waals surface area (Å²) in [5, 5.41) is 0.907. The Balaban J connectivity index is 1.80. The van der Waals surface area contributed by atoms with Crippen LogP contribution in [0, 0.1) is 5.92 Å². The van der Waals surface area contributed by atoms with Gasteiger partial charge < -0.3 is 0 Å². The van der Waals surface area contributed by atoms with E-state index >= 15 is 0 Å². The summed E-state index contributed by atoms with van der Waals surface area (Å²) in [7, 11) is 0. The summed E-state index contributed by atoms with van der Waals surface area (Å²) in [4.78, 5) is 16.2. The maximum atomic E-state index is 12.9. The Kier molecular flexibility index (Phi) is 5.77. The van der Waals surface area contributed by atoms with Crippen molar-refractivity contribution in [3.05, 3.63) is 77.8 Å². The smallest absolute Gasteiger partial charge is 0.198 e. The largest absolute Gasteiger partial charge is 0.292 e. The minimum Gasteiger partial charge on any atom is -0.292 e. The fourth-order valence-electron chi connectivity index (χ4n) is 3.26. The molecule has 24 heavy (non-hydrogen) atoms. The van der Waals surface area contributed by atoms with Crippen LogP contribution in [0.5, 0.6) is 0 Å². The van der Waals surface area contributed by atoms with Gasteiger partial charge in [0.05, 0.1) is 0 Å². The van der Waals surface area contributed by atoms with Crippen molar-refractivity contribution < 1.29 is 4.79 Å². The highest BCUT2D eigenvalue weighted by atomic mass is 35.5. The van der Waals surface area contributed by atoms with E-state index in [0.717, 1.165) is 24.4 Å². The van der Waals surface area contributed by atoms with Crippen molar-refractivity contribution in [3.63, 3.8) is 0 Å². The Morgan fingerprint density at radius 1 is 1.21 bits per heavy atom. The van der Waals surface area contributed by atoms with Crippen molar-refractivity contribution in [3.8, 4) is 0 Å². The average Bonchev–Trinajstić information content (AvgIpc) is 3.02. The summed E-state index contributed by atoms with van der Waals surface area (Å²) in [6.45, 7) is 5.57. The van der Waals surface area contributed by atoms with Crippen LogP contribution in [0.25, 0.3) is 0 Å². The van der Waals surface area contributed by atoms with Gasteiger partial charge in [-0.15, -0.1) is 6.58 Å². The van der Waals surface area contributed by atoms with Crippen LogP contribution in [0.1, 0.15) is 18.0 Å². The van der Waals surface area contributed by atoms with Gasteiger partial charge in [-0.1, -0.05) is 59.8 Å². The third-order valence-corrected chi connectivity index (χ3v) is 5.61. The topological polar surface area (TPSA) is 20.3 Å². The zero-order valence-corrected chi connectivity index (χ0v) is 15.0. The number of carbonyl (C=O) groups excluding carboxylic acids is 1. The van der Waals surface area contributed by atoms with Crippen molar-refractivity contribution in [1.82, 2.24) is 4.90 Å². The molecule has 124 valence electrons. The molecule has 0 bridgehead atoms. The molecule has 0 aliphatic carbocycles. The highest BCUT2D eigenvalue weighted by molar-refractivity contribution is 8.13. The predicted octanol–water partition coefficient (Wildman–Crippen LogP) is 5.21. The monoisotopic (exact) mass is 357 g/mol. The van der Waals surface area contributed by atoms with Crippen LogP contribution >= 0.6 is 23.4 Å². The van der Waals surface area contributed by atoms with Crippen molar-refractivity contribution in [2.45, 2.75) is 17.4 Å². The molecule has 1 aliphatic heterocycles. The molecular formula is C20H20ClNOS. The van der Waals surface area contributed by atoms with E-state index in [1.54, 1.807) is 0 Å². The zero-order valence-electron chi connectivity index (χ0n) is 13.4. The lowest BCUT2D eigenvalue weighted by molar-refractivity contribution is -0.115. The van der Waals surface area contributed by atoms with E-state index in [1.807, 2.05) is 48.5 Å². The van der Waals surface area contributed by atoms with Crippen molar-refractivity contribution in [2.24, 2.45) is 5.92 Å². The Labute approximate surface area is 152 Å². The summed E-state index contributed by atoms with van der Waals surface area (Å²) in [5.74, 6) is -0.00646. The summed E-state index contributed by atoms with van der Waals surface area (Å²) in [6, 6.07) is 17.9. The first-order valence-corrected chi connectivity index (χ1v) is 9.25. The molecule has 0 amide bonds. The first-order valence-electron chi connectivity index (χ1n) is 8.06. The van der Waals surface area contributed by atoms with Gasteiger partial charge in [-0.05, 0) is 42.8 Å². The van der Waals surface area contributed by atoms with E-state index < -0.39 is 0 Å². The molecule has 2 aromatic rings. The first-order chi connectivity index (χ1) is 11.7. The number of nitrogens with zero attached hydrogens (tertiary/aromatic N) is 1. The van der Waals surface area contributed by atoms with E-state index in [-0.39, 0.29) is 17.1 Å². The molecule has 3 rings (SSSR count). The summed E-state index contributed by atoms with van der Waals surface area (Å²) in [5.41, 5.74) is 1.20. The van der Waals surface area contributed by atoms with Crippen LogP contribution in [0.3, 0.4) is 0 Å². The normalized spacial score (nSPS) is 20.9. The van der Waals surface area contributed by atoms with Gasteiger partial charge in [0, 0.05) is 28.4 Å². The molecule has 0 spiro atoms. The summed E-state index contributed by atoms with van der Waals surface area (Å²) >= 11 is 7.24. The van der Waals surface area contributed by atoms with Gasteiger partial charge in [0.1, 0.15) is 0 Å². The Morgan fingerprint density at radius 2 is 1.92 bits per heavy atom. The van der Waals surface area contributed by atoms with Gasteiger partial charge in [0.2, 0.25) is 0 Å². The van der Waals surface area contributed by atoms with E-state index in [2.05, 4.69) is 23.6 Å². The molecule has 1 fully saturated rings. The average molecular weight is 358 g/mol. The fourth-order valence-corrected chi connectivity index (χ4v) is 4.29. The lowest BCUT2D eigenvalue weighted by atomic mass is 9.95. The molecule has 2 atom stereocenters. The predicted molar refractivity (Wildman–Crippen MR) is 101 cm³/mol. The SMILES string of the molecule is C=CCN1CC[C@H](C(=O)Sc2ccc(Cl)cc2)[C@H]1c1ccccc1. The molecule has 1 saturated heterocycles. The maximum Gasteiger partial charge on any atom is 0.198 e. The third kappa shape index (κ3) is 3.92. The first kappa shape index (κ1) is 17.3. The molecular weight excluding hydrogens is 338 g/mol. The molecule has 4 heteroatoms. The lowest BCUT2D eigenvalue weighted by Gasteiger charge is -2.27. The third-order valence-electron chi connectivity index (χ3n) is 4.34. The minimum atomic E-state index is -0.00646. The summed E-state index contributed by atoms with van der Waals surface area (Å²) in [6.07, 6.45) is 2.79. The van der Waals surface area contributed by atoms with Crippen LogP contribution in [0.2, 0.25) is 5.02 Å². The maximum absolute atomic E-state index is 12.9. The molecule has 2 aromatic carbocycles. The molecule has 1 heterocycles. The summed E-state index contributed by atoms with van der Waals surface area (Å²) < 4.78 is 0. The van der Waals surface area contributed by atoms with Crippen LogP contribution in [-0.2, 0) is 4.79 Å². The van der Waals surface area contributed by atoms with Crippen LogP contribution < -0.4 is 0 Å². The van der Waals surface area contributed by atoms with Crippen molar-refractivity contribution >= 4 is 28.5 Å². The van der Waals surface area contributed by atoms with Gasteiger partial charge in [-0.25, -0.2) is 0 Å². The van der Waals surface area contributed by atoms with Crippen LogP contribution in [0.4, 0.5) is 0 Å². The van der Waals surface area contributed by atoms with Gasteiger partial charge in [-0.2, -0.15) is 0 Å². The molecule has 1 aliphatic rings. The molecule has 0 saturated carbocycles. The fraction of sp³-hybridized carbons (Fsp3) is 0.250. The second-order valence-electron chi connectivity index (χ2n) is 5.91. The highest BCUT2D eigenvalue weighted by Crippen LogP contribution is 2.41. The van der Waals surface area contributed by atoms with Gasteiger partial charge in [0.25, 0.3) is 0 Å². The van der Waals surface area contributed by atoms with Gasteiger partial charge in [-0.3, -0.25) is 9.69 Å². The molecule has 0 N–H and O–H groups in total. The Hall–Kier alpha value is -1.55. The van der Waals surface area contributed by atoms with Crippen LogP contribution in [0.15, 0.2) is 72.1 Å².